The molecule has 4 heteroatoms. The van der Waals surface area contributed by atoms with Crippen molar-refractivity contribution in [2.24, 2.45) is 5.73 Å². The molecule has 0 amide bonds. The molecular weight excluding hydrogens is 230 g/mol. The zero-order valence-electron chi connectivity index (χ0n) is 10.2. The summed E-state index contributed by atoms with van der Waals surface area (Å²) in [5.41, 5.74) is 7.01. The second kappa shape index (κ2) is 5.47. The average molecular weight is 249 g/mol. The first kappa shape index (κ1) is 12.3. The van der Waals surface area contributed by atoms with Crippen molar-refractivity contribution in [2.75, 3.05) is 26.2 Å². The first-order chi connectivity index (χ1) is 8.18. The Morgan fingerprint density at radius 3 is 2.29 bits per heavy atom. The summed E-state index contributed by atoms with van der Waals surface area (Å²) in [6.07, 6.45) is 0. The van der Waals surface area contributed by atoms with E-state index in [1.165, 1.54) is 5.56 Å². The third-order valence-corrected chi connectivity index (χ3v) is 3.71. The van der Waals surface area contributed by atoms with Crippen molar-refractivity contribution in [3.8, 4) is 0 Å². The Labute approximate surface area is 108 Å². The van der Waals surface area contributed by atoms with Gasteiger partial charge in [-0.3, -0.25) is 4.90 Å². The predicted molar refractivity (Wildman–Crippen MR) is 74.8 cm³/mol. The molecule has 92 valence electrons. The van der Waals surface area contributed by atoms with Crippen LogP contribution in [0.1, 0.15) is 18.5 Å². The van der Waals surface area contributed by atoms with Crippen molar-refractivity contribution in [1.29, 1.82) is 0 Å². The summed E-state index contributed by atoms with van der Waals surface area (Å²) in [7, 11) is 0. The number of thiocarbonyl (C=S) groups is 1. The van der Waals surface area contributed by atoms with Crippen LogP contribution in [0.2, 0.25) is 0 Å². The summed E-state index contributed by atoms with van der Waals surface area (Å²) in [5, 5.41) is 0.525. The van der Waals surface area contributed by atoms with E-state index in [0.717, 1.165) is 26.2 Å². The van der Waals surface area contributed by atoms with Gasteiger partial charge >= 0.3 is 0 Å². The smallest absolute Gasteiger partial charge is 0.166 e. The van der Waals surface area contributed by atoms with E-state index in [-0.39, 0.29) is 0 Å². The lowest BCUT2D eigenvalue weighted by atomic mass is 10.1. The molecule has 1 heterocycles. The second-order valence-electron chi connectivity index (χ2n) is 4.45. The van der Waals surface area contributed by atoms with E-state index < -0.39 is 0 Å². The highest BCUT2D eigenvalue weighted by atomic mass is 32.1. The third kappa shape index (κ3) is 2.96. The number of nitrogens with two attached hydrogens (primary N) is 1. The number of benzene rings is 1. The SMILES string of the molecule is CC(c1ccccc1)N1CCN(C(N)=S)CC1. The van der Waals surface area contributed by atoms with Crippen LogP contribution in [0.3, 0.4) is 0 Å². The average Bonchev–Trinajstić information content (AvgIpc) is 2.39. The summed E-state index contributed by atoms with van der Waals surface area (Å²) >= 11 is 5.00. The van der Waals surface area contributed by atoms with Crippen molar-refractivity contribution >= 4 is 17.3 Å². The van der Waals surface area contributed by atoms with Crippen molar-refractivity contribution in [3.05, 3.63) is 35.9 Å². The molecule has 2 N–H and O–H groups in total. The second-order valence-corrected chi connectivity index (χ2v) is 4.87. The first-order valence-corrected chi connectivity index (χ1v) is 6.42. The molecule has 1 aromatic carbocycles. The molecule has 1 fully saturated rings. The van der Waals surface area contributed by atoms with Gasteiger partial charge in [0, 0.05) is 32.2 Å². The van der Waals surface area contributed by atoms with Gasteiger partial charge in [0.25, 0.3) is 0 Å². The molecule has 1 unspecified atom stereocenters. The summed E-state index contributed by atoms with van der Waals surface area (Å²) in [5.74, 6) is 0. The van der Waals surface area contributed by atoms with E-state index in [1.807, 2.05) is 0 Å². The zero-order chi connectivity index (χ0) is 12.3. The Bertz CT molecular complexity index is 372. The van der Waals surface area contributed by atoms with E-state index in [1.54, 1.807) is 0 Å². The minimum absolute atomic E-state index is 0.463. The fraction of sp³-hybridized carbons (Fsp3) is 0.462. The molecule has 1 saturated heterocycles. The number of nitrogens with zero attached hydrogens (tertiary/aromatic N) is 2. The number of hydrogen-bond acceptors (Lipinski definition) is 2. The number of piperazine rings is 1. The van der Waals surface area contributed by atoms with Crippen molar-refractivity contribution in [3.63, 3.8) is 0 Å². The molecule has 1 aromatic rings. The van der Waals surface area contributed by atoms with Gasteiger partial charge in [-0.15, -0.1) is 0 Å². The fourth-order valence-corrected chi connectivity index (χ4v) is 2.45. The quantitative estimate of drug-likeness (QED) is 0.807. The van der Waals surface area contributed by atoms with E-state index >= 15 is 0 Å². The van der Waals surface area contributed by atoms with Gasteiger partial charge in [0.1, 0.15) is 0 Å². The van der Waals surface area contributed by atoms with E-state index in [9.17, 15) is 0 Å². The van der Waals surface area contributed by atoms with Crippen molar-refractivity contribution < 1.29 is 0 Å². The van der Waals surface area contributed by atoms with Gasteiger partial charge in [-0.25, -0.2) is 0 Å². The van der Waals surface area contributed by atoms with Gasteiger partial charge in [-0.2, -0.15) is 0 Å². The van der Waals surface area contributed by atoms with Crippen LogP contribution in [0, 0.1) is 0 Å². The Hall–Kier alpha value is -1.13. The molecule has 1 aliphatic heterocycles. The monoisotopic (exact) mass is 249 g/mol. The Morgan fingerprint density at radius 2 is 1.76 bits per heavy atom. The largest absolute Gasteiger partial charge is 0.376 e. The molecule has 2 rings (SSSR count). The lowest BCUT2D eigenvalue weighted by Crippen LogP contribution is -2.50. The van der Waals surface area contributed by atoms with Crippen LogP contribution in [0.25, 0.3) is 0 Å². The summed E-state index contributed by atoms with van der Waals surface area (Å²) in [6, 6.07) is 11.1. The van der Waals surface area contributed by atoms with Gasteiger partial charge in [0.2, 0.25) is 0 Å². The van der Waals surface area contributed by atoms with Crippen LogP contribution in [0.5, 0.6) is 0 Å². The fourth-order valence-electron chi connectivity index (χ4n) is 2.27. The predicted octanol–water partition coefficient (Wildman–Crippen LogP) is 1.61. The van der Waals surface area contributed by atoms with Gasteiger partial charge in [-0.05, 0) is 24.7 Å². The van der Waals surface area contributed by atoms with Crippen LogP contribution >= 0.6 is 12.2 Å². The summed E-state index contributed by atoms with van der Waals surface area (Å²) in [6.45, 7) is 6.17. The Kier molecular flexibility index (Phi) is 3.97. The normalized spacial score (nSPS) is 19.0. The van der Waals surface area contributed by atoms with Crippen molar-refractivity contribution in [2.45, 2.75) is 13.0 Å². The summed E-state index contributed by atoms with van der Waals surface area (Å²) < 4.78 is 0. The van der Waals surface area contributed by atoms with Crippen LogP contribution in [0.4, 0.5) is 0 Å². The maximum Gasteiger partial charge on any atom is 0.166 e. The lowest BCUT2D eigenvalue weighted by Gasteiger charge is -2.38. The highest BCUT2D eigenvalue weighted by Crippen LogP contribution is 2.20. The number of rotatable bonds is 2. The molecule has 0 spiro atoms. The van der Waals surface area contributed by atoms with Gasteiger partial charge in [-0.1, -0.05) is 30.3 Å². The molecule has 17 heavy (non-hydrogen) atoms. The maximum atomic E-state index is 5.64. The maximum absolute atomic E-state index is 5.64. The van der Waals surface area contributed by atoms with Crippen LogP contribution in [0.15, 0.2) is 30.3 Å². The molecule has 0 aliphatic carbocycles. The molecule has 0 aromatic heterocycles. The van der Waals surface area contributed by atoms with Crippen LogP contribution in [-0.4, -0.2) is 41.1 Å². The highest BCUT2D eigenvalue weighted by molar-refractivity contribution is 7.80. The minimum Gasteiger partial charge on any atom is -0.376 e. The molecule has 0 bridgehead atoms. The van der Waals surface area contributed by atoms with Crippen molar-refractivity contribution in [1.82, 2.24) is 9.80 Å². The van der Waals surface area contributed by atoms with Gasteiger partial charge < -0.3 is 10.6 Å². The van der Waals surface area contributed by atoms with E-state index in [2.05, 4.69) is 47.1 Å². The molecule has 1 atom stereocenters. The van der Waals surface area contributed by atoms with Crippen LogP contribution < -0.4 is 5.73 Å². The molecular formula is C13H19N3S. The molecule has 1 aliphatic rings. The van der Waals surface area contributed by atoms with Gasteiger partial charge in [0.15, 0.2) is 5.11 Å². The summed E-state index contributed by atoms with van der Waals surface area (Å²) in [4.78, 5) is 4.55. The lowest BCUT2D eigenvalue weighted by molar-refractivity contribution is 0.141. The number of hydrogen-bond donors (Lipinski definition) is 1. The van der Waals surface area contributed by atoms with Crippen LogP contribution in [-0.2, 0) is 0 Å². The van der Waals surface area contributed by atoms with Gasteiger partial charge in [0.05, 0.1) is 0 Å². The Morgan fingerprint density at radius 1 is 1.18 bits per heavy atom. The minimum atomic E-state index is 0.463. The molecule has 3 nitrogen and oxygen atoms in total. The van der Waals surface area contributed by atoms with E-state index in [0.29, 0.717) is 11.2 Å². The highest BCUT2D eigenvalue weighted by Gasteiger charge is 2.22. The topological polar surface area (TPSA) is 32.5 Å². The third-order valence-electron chi connectivity index (χ3n) is 3.46. The standard InChI is InChI=1S/C13H19N3S/c1-11(12-5-3-2-4-6-12)15-7-9-16(10-8-15)13(14)17/h2-6,11H,7-10H2,1H3,(H2,14,17). The first-order valence-electron chi connectivity index (χ1n) is 6.02. The zero-order valence-corrected chi connectivity index (χ0v) is 11.0. The molecule has 0 radical (unpaired) electrons. The molecule has 0 saturated carbocycles. The Balaban J connectivity index is 1.95. The van der Waals surface area contributed by atoms with E-state index in [4.69, 9.17) is 18.0 Å².